The van der Waals surface area contributed by atoms with Gasteiger partial charge >= 0.3 is 11.9 Å². The lowest BCUT2D eigenvalue weighted by Gasteiger charge is -2.19. The third kappa shape index (κ3) is 36.2. The number of esters is 1. The fourth-order valence-corrected chi connectivity index (χ4v) is 4.50. The summed E-state index contributed by atoms with van der Waals surface area (Å²) in [4.78, 5) is 45.6. The molecule has 0 aliphatic carbocycles. The van der Waals surface area contributed by atoms with Gasteiger partial charge in [-0.1, -0.05) is 77.0 Å². The number of ether oxygens (including phenoxy) is 5. The van der Waals surface area contributed by atoms with E-state index >= 15 is 0 Å². The maximum atomic E-state index is 12.0. The summed E-state index contributed by atoms with van der Waals surface area (Å²) in [7, 11) is 0. The van der Waals surface area contributed by atoms with Gasteiger partial charge in [-0.3, -0.25) is 14.4 Å². The summed E-state index contributed by atoms with van der Waals surface area (Å²) >= 11 is 0. The Hall–Kier alpha value is -2.28. The van der Waals surface area contributed by atoms with Crippen molar-refractivity contribution >= 4 is 23.8 Å². The van der Waals surface area contributed by atoms with Gasteiger partial charge in [0.05, 0.1) is 39.6 Å². The third-order valence-corrected chi connectivity index (χ3v) is 6.79. The molecule has 0 aromatic rings. The highest BCUT2D eigenvalue weighted by Crippen LogP contribution is 2.15. The molecule has 0 unspecified atom stereocenters. The maximum Gasteiger partial charge on any atom is 0.329 e. The molecular weight excluding hydrogens is 596 g/mol. The fraction of sp³-hybridized carbons (Fsp3) is 0.882. The minimum atomic E-state index is -1.03. The van der Waals surface area contributed by atoms with E-state index < -0.39 is 5.97 Å². The molecule has 0 bridgehead atoms. The van der Waals surface area contributed by atoms with Crippen LogP contribution in [0.15, 0.2) is 0 Å². The average Bonchev–Trinajstić information content (AvgIpc) is 2.98. The number of carbonyl (C=O) groups is 4. The number of rotatable bonds is 33. The lowest BCUT2D eigenvalue weighted by Crippen LogP contribution is -2.31. The first kappa shape index (κ1) is 43.7. The standard InChI is InChI=1S/C34H64N2O10/c1-34(2,3)46-33(41)19-17-15-13-11-9-7-5-4-6-8-10-12-14-16-18-30(37)35-20-22-42-24-26-44-28-31(38)36-21-23-43-25-27-45-29-32(39)40/h4-29H2,1-3H3,(H,35,37)(H,36,38)(H,39,40). The van der Waals surface area contributed by atoms with E-state index in [0.29, 0.717) is 45.8 Å². The number of carbonyl (C=O) groups excluding carboxylic acids is 3. The van der Waals surface area contributed by atoms with Crippen LogP contribution >= 0.6 is 0 Å². The molecule has 0 rings (SSSR count). The Balaban J connectivity index is 3.29. The van der Waals surface area contributed by atoms with Gasteiger partial charge < -0.3 is 39.4 Å². The fourth-order valence-electron chi connectivity index (χ4n) is 4.50. The van der Waals surface area contributed by atoms with E-state index in [-0.39, 0.29) is 56.4 Å². The second-order valence-corrected chi connectivity index (χ2v) is 12.5. The first-order valence-corrected chi connectivity index (χ1v) is 17.4. The van der Waals surface area contributed by atoms with E-state index in [4.69, 9.17) is 28.8 Å². The first-order chi connectivity index (χ1) is 22.1. The summed E-state index contributed by atoms with van der Waals surface area (Å²) < 4.78 is 26.0. The van der Waals surface area contributed by atoms with Crippen molar-refractivity contribution in [1.29, 1.82) is 0 Å². The van der Waals surface area contributed by atoms with Crippen molar-refractivity contribution in [3.05, 3.63) is 0 Å². The highest BCUT2D eigenvalue weighted by molar-refractivity contribution is 5.77. The van der Waals surface area contributed by atoms with E-state index in [0.717, 1.165) is 25.7 Å². The van der Waals surface area contributed by atoms with Gasteiger partial charge in [0.2, 0.25) is 11.8 Å². The molecule has 0 saturated carbocycles. The van der Waals surface area contributed by atoms with E-state index in [1.807, 2.05) is 20.8 Å². The highest BCUT2D eigenvalue weighted by atomic mass is 16.6. The molecule has 0 fully saturated rings. The molecule has 2 amide bonds. The topological polar surface area (TPSA) is 159 Å². The van der Waals surface area contributed by atoms with Gasteiger partial charge in [-0.25, -0.2) is 4.79 Å². The minimum absolute atomic E-state index is 0.0522. The normalized spacial score (nSPS) is 11.4. The van der Waals surface area contributed by atoms with Gasteiger partial charge in [-0.15, -0.1) is 0 Å². The molecule has 3 N–H and O–H groups in total. The second-order valence-electron chi connectivity index (χ2n) is 12.5. The zero-order valence-electron chi connectivity index (χ0n) is 29.0. The molecule has 0 saturated heterocycles. The summed E-state index contributed by atoms with van der Waals surface area (Å²) in [5.41, 5.74) is -0.385. The van der Waals surface area contributed by atoms with Gasteiger partial charge in [0.1, 0.15) is 18.8 Å². The van der Waals surface area contributed by atoms with Gasteiger partial charge in [0.25, 0.3) is 0 Å². The van der Waals surface area contributed by atoms with E-state index in [1.165, 1.54) is 64.2 Å². The highest BCUT2D eigenvalue weighted by Gasteiger charge is 2.15. The van der Waals surface area contributed by atoms with Gasteiger partial charge in [-0.2, -0.15) is 0 Å². The Morgan fingerprint density at radius 3 is 1.35 bits per heavy atom. The maximum absolute atomic E-state index is 12.0. The summed E-state index contributed by atoms with van der Waals surface area (Å²) in [6.07, 6.45) is 17.7. The van der Waals surface area contributed by atoms with Crippen LogP contribution in [0.4, 0.5) is 0 Å². The Labute approximate surface area is 277 Å². The predicted molar refractivity (Wildman–Crippen MR) is 177 cm³/mol. The van der Waals surface area contributed by atoms with Crippen molar-refractivity contribution in [1.82, 2.24) is 10.6 Å². The molecule has 0 aliphatic heterocycles. The quantitative estimate of drug-likeness (QED) is 0.0649. The molecular formula is C34H64N2O10. The largest absolute Gasteiger partial charge is 0.480 e. The number of aliphatic carboxylic acids is 1. The SMILES string of the molecule is CC(C)(C)OC(=O)CCCCCCCCCCCCCCCCC(=O)NCCOCCOCC(=O)NCCOCCOCC(=O)O. The summed E-state index contributed by atoms with van der Waals surface area (Å²) in [6, 6.07) is 0. The molecule has 46 heavy (non-hydrogen) atoms. The van der Waals surface area contributed by atoms with Crippen LogP contribution in [0.2, 0.25) is 0 Å². The van der Waals surface area contributed by atoms with Crippen molar-refractivity contribution in [3.8, 4) is 0 Å². The van der Waals surface area contributed by atoms with Crippen molar-refractivity contribution in [3.63, 3.8) is 0 Å². The summed E-state index contributed by atoms with van der Waals surface area (Å²) in [5.74, 6) is -1.32. The Bertz CT molecular complexity index is 774. The van der Waals surface area contributed by atoms with E-state index in [2.05, 4.69) is 10.6 Å². The smallest absolute Gasteiger partial charge is 0.329 e. The number of amides is 2. The third-order valence-electron chi connectivity index (χ3n) is 6.79. The minimum Gasteiger partial charge on any atom is -0.480 e. The molecule has 12 nitrogen and oxygen atoms in total. The summed E-state index contributed by atoms with van der Waals surface area (Å²) in [6.45, 7) is 7.78. The number of unbranched alkanes of at least 4 members (excludes halogenated alkanes) is 13. The van der Waals surface area contributed by atoms with Crippen molar-refractivity contribution in [2.45, 2.75) is 129 Å². The van der Waals surface area contributed by atoms with Crippen LogP contribution < -0.4 is 10.6 Å². The van der Waals surface area contributed by atoms with Gasteiger partial charge in [0, 0.05) is 25.9 Å². The molecule has 0 aliphatic rings. The van der Waals surface area contributed by atoms with E-state index in [1.54, 1.807) is 0 Å². The molecule has 12 heteroatoms. The van der Waals surface area contributed by atoms with Crippen molar-refractivity contribution in [2.24, 2.45) is 0 Å². The van der Waals surface area contributed by atoms with Crippen LogP contribution in [0.1, 0.15) is 124 Å². The average molecular weight is 661 g/mol. The number of hydrogen-bond donors (Lipinski definition) is 3. The lowest BCUT2D eigenvalue weighted by molar-refractivity contribution is -0.155. The predicted octanol–water partition coefficient (Wildman–Crippen LogP) is 4.95. The molecule has 0 heterocycles. The van der Waals surface area contributed by atoms with Crippen molar-refractivity contribution < 1.29 is 48.0 Å². The Morgan fingerprint density at radius 1 is 0.500 bits per heavy atom. The van der Waals surface area contributed by atoms with Crippen LogP contribution in [-0.2, 0) is 42.9 Å². The number of hydrogen-bond acceptors (Lipinski definition) is 9. The number of nitrogens with one attached hydrogen (secondary N) is 2. The molecule has 0 aromatic carbocycles. The lowest BCUT2D eigenvalue weighted by atomic mass is 10.0. The molecule has 0 aromatic heterocycles. The van der Waals surface area contributed by atoms with Crippen LogP contribution in [0.25, 0.3) is 0 Å². The van der Waals surface area contributed by atoms with E-state index in [9.17, 15) is 19.2 Å². The number of carboxylic acid groups (broad SMARTS) is 1. The van der Waals surface area contributed by atoms with Gasteiger partial charge in [0.15, 0.2) is 0 Å². The zero-order valence-corrected chi connectivity index (χ0v) is 29.0. The monoisotopic (exact) mass is 660 g/mol. The Kier molecular flexibility index (Phi) is 29.8. The van der Waals surface area contributed by atoms with Crippen molar-refractivity contribution in [2.75, 3.05) is 65.9 Å². The first-order valence-electron chi connectivity index (χ1n) is 17.4. The molecule has 270 valence electrons. The van der Waals surface area contributed by atoms with Crippen LogP contribution in [0.3, 0.4) is 0 Å². The van der Waals surface area contributed by atoms with Crippen LogP contribution in [-0.4, -0.2) is 100 Å². The van der Waals surface area contributed by atoms with Crippen LogP contribution in [0, 0.1) is 0 Å². The molecule has 0 radical (unpaired) electrons. The second kappa shape index (κ2) is 31.3. The van der Waals surface area contributed by atoms with Gasteiger partial charge in [-0.05, 0) is 33.6 Å². The molecule has 0 atom stereocenters. The van der Waals surface area contributed by atoms with Crippen LogP contribution in [0.5, 0.6) is 0 Å². The molecule has 0 spiro atoms. The Morgan fingerprint density at radius 2 is 0.891 bits per heavy atom. The zero-order chi connectivity index (χ0) is 34.1. The number of carboxylic acids is 1. The summed E-state index contributed by atoms with van der Waals surface area (Å²) in [5, 5.41) is 13.9.